The zero-order valence-electron chi connectivity index (χ0n) is 13.2. The zero-order valence-corrected chi connectivity index (χ0v) is 13.2. The molecule has 2 atom stereocenters. The van der Waals surface area contributed by atoms with E-state index in [1.165, 1.54) is 18.2 Å². The molecule has 1 rings (SSSR count). The van der Waals surface area contributed by atoms with Gasteiger partial charge in [-0.1, -0.05) is 19.1 Å². The third-order valence-electron chi connectivity index (χ3n) is 3.24. The van der Waals surface area contributed by atoms with Gasteiger partial charge in [-0.05, 0) is 30.5 Å². The Balaban J connectivity index is 2.66. The lowest BCUT2D eigenvalue weighted by molar-refractivity contribution is -0.144. The maximum atomic E-state index is 13.1. The van der Waals surface area contributed by atoms with E-state index in [9.17, 15) is 18.8 Å². The van der Waals surface area contributed by atoms with Crippen molar-refractivity contribution >= 4 is 17.8 Å². The minimum absolute atomic E-state index is 0.0400. The molecule has 0 bridgehead atoms. The predicted octanol–water partition coefficient (Wildman–Crippen LogP) is 0.928. The van der Waals surface area contributed by atoms with Gasteiger partial charge in [0.1, 0.15) is 11.9 Å². The van der Waals surface area contributed by atoms with E-state index >= 15 is 0 Å². The smallest absolute Gasteiger partial charge is 0.306 e. The fraction of sp³-hybridized carbons (Fsp3) is 0.438. The number of nitrogens with two attached hydrogens (primary N) is 1. The van der Waals surface area contributed by atoms with E-state index in [0.717, 1.165) is 0 Å². The molecule has 0 aliphatic rings. The summed E-state index contributed by atoms with van der Waals surface area (Å²) in [6, 6.07) is 4.60. The molecular formula is C16H21FN2O4. The Kier molecular flexibility index (Phi) is 7.18. The summed E-state index contributed by atoms with van der Waals surface area (Å²) in [5.74, 6) is -2.64. The molecule has 126 valence electrons. The lowest BCUT2D eigenvalue weighted by Gasteiger charge is -2.21. The molecule has 2 amide bonds. The predicted molar refractivity (Wildman–Crippen MR) is 81.6 cm³/mol. The van der Waals surface area contributed by atoms with Crippen LogP contribution < -0.4 is 11.1 Å². The SMILES string of the molecule is CCOC(=O)C[C@H](C)[C@@H](NC(=O)Cc1cccc(F)c1)C(N)=O. The number of nitrogens with one attached hydrogen (secondary N) is 1. The molecule has 1 aromatic rings. The maximum Gasteiger partial charge on any atom is 0.306 e. The van der Waals surface area contributed by atoms with Gasteiger partial charge < -0.3 is 15.8 Å². The molecule has 0 saturated heterocycles. The summed E-state index contributed by atoms with van der Waals surface area (Å²) < 4.78 is 17.9. The van der Waals surface area contributed by atoms with Crippen molar-refractivity contribution in [2.24, 2.45) is 11.7 Å². The van der Waals surface area contributed by atoms with Gasteiger partial charge in [0.25, 0.3) is 0 Å². The first-order chi connectivity index (χ1) is 10.8. The van der Waals surface area contributed by atoms with Crippen LogP contribution in [0.4, 0.5) is 4.39 Å². The van der Waals surface area contributed by atoms with Gasteiger partial charge >= 0.3 is 5.97 Å². The van der Waals surface area contributed by atoms with E-state index in [1.807, 2.05) is 0 Å². The molecule has 23 heavy (non-hydrogen) atoms. The Hall–Kier alpha value is -2.44. The molecule has 1 aromatic carbocycles. The third kappa shape index (κ3) is 6.46. The molecule has 0 saturated carbocycles. The van der Waals surface area contributed by atoms with Crippen LogP contribution in [0.15, 0.2) is 24.3 Å². The van der Waals surface area contributed by atoms with Gasteiger partial charge in [0.2, 0.25) is 11.8 Å². The van der Waals surface area contributed by atoms with Crippen molar-refractivity contribution in [1.82, 2.24) is 5.32 Å². The summed E-state index contributed by atoms with van der Waals surface area (Å²) in [4.78, 5) is 35.0. The summed E-state index contributed by atoms with van der Waals surface area (Å²) >= 11 is 0. The Labute approximate surface area is 134 Å². The van der Waals surface area contributed by atoms with E-state index in [1.54, 1.807) is 19.9 Å². The quantitative estimate of drug-likeness (QED) is 0.695. The normalized spacial score (nSPS) is 13.0. The molecule has 0 aliphatic carbocycles. The summed E-state index contributed by atoms with van der Waals surface area (Å²) in [5.41, 5.74) is 5.76. The van der Waals surface area contributed by atoms with E-state index in [0.29, 0.717) is 5.56 Å². The van der Waals surface area contributed by atoms with Crippen LogP contribution in [-0.4, -0.2) is 30.4 Å². The first kappa shape index (κ1) is 18.6. The highest BCUT2D eigenvalue weighted by Gasteiger charge is 2.27. The highest BCUT2D eigenvalue weighted by molar-refractivity contribution is 5.88. The second kappa shape index (κ2) is 8.87. The van der Waals surface area contributed by atoms with Crippen molar-refractivity contribution in [2.45, 2.75) is 32.7 Å². The van der Waals surface area contributed by atoms with Gasteiger partial charge in [-0.25, -0.2) is 4.39 Å². The number of benzene rings is 1. The van der Waals surface area contributed by atoms with Crippen molar-refractivity contribution in [2.75, 3.05) is 6.61 Å². The molecule has 0 unspecified atom stereocenters. The minimum atomic E-state index is -1.000. The van der Waals surface area contributed by atoms with E-state index in [-0.39, 0.29) is 19.4 Å². The third-order valence-corrected chi connectivity index (χ3v) is 3.24. The standard InChI is InChI=1S/C16H21FN2O4/c1-3-23-14(21)7-10(2)15(16(18)22)19-13(20)9-11-5-4-6-12(17)8-11/h4-6,8,10,15H,3,7,9H2,1-2H3,(H2,18,22)(H,19,20)/t10-,15+/m0/s1. The van der Waals surface area contributed by atoms with Crippen LogP contribution in [0.25, 0.3) is 0 Å². The number of hydrogen-bond acceptors (Lipinski definition) is 4. The summed E-state index contributed by atoms with van der Waals surface area (Å²) in [7, 11) is 0. The highest BCUT2D eigenvalue weighted by atomic mass is 19.1. The van der Waals surface area contributed by atoms with Crippen molar-refractivity contribution in [3.05, 3.63) is 35.6 Å². The molecule has 0 aliphatic heterocycles. The van der Waals surface area contributed by atoms with Gasteiger partial charge in [-0.15, -0.1) is 0 Å². The van der Waals surface area contributed by atoms with Crippen LogP contribution in [0.5, 0.6) is 0 Å². The second-order valence-corrected chi connectivity index (χ2v) is 5.24. The molecule has 0 radical (unpaired) electrons. The van der Waals surface area contributed by atoms with Crippen LogP contribution >= 0.6 is 0 Å². The van der Waals surface area contributed by atoms with E-state index < -0.39 is 35.6 Å². The fourth-order valence-corrected chi connectivity index (χ4v) is 2.15. The summed E-state index contributed by atoms with van der Waals surface area (Å²) in [6.45, 7) is 3.53. The van der Waals surface area contributed by atoms with E-state index in [2.05, 4.69) is 5.32 Å². The largest absolute Gasteiger partial charge is 0.466 e. The molecule has 6 nitrogen and oxygen atoms in total. The number of amides is 2. The number of rotatable bonds is 8. The number of halogens is 1. The van der Waals surface area contributed by atoms with Gasteiger partial charge in [-0.3, -0.25) is 14.4 Å². The van der Waals surface area contributed by atoms with Gasteiger partial charge in [-0.2, -0.15) is 0 Å². The van der Waals surface area contributed by atoms with Crippen LogP contribution in [0, 0.1) is 11.7 Å². The number of carbonyl (C=O) groups is 3. The molecule has 0 fully saturated rings. The average molecular weight is 324 g/mol. The summed E-state index contributed by atoms with van der Waals surface area (Å²) in [6.07, 6.45) is -0.130. The highest BCUT2D eigenvalue weighted by Crippen LogP contribution is 2.11. The van der Waals surface area contributed by atoms with Crippen molar-refractivity contribution in [3.63, 3.8) is 0 Å². The Morgan fingerprint density at radius 1 is 1.35 bits per heavy atom. The minimum Gasteiger partial charge on any atom is -0.466 e. The van der Waals surface area contributed by atoms with Crippen molar-refractivity contribution < 1.29 is 23.5 Å². The Morgan fingerprint density at radius 2 is 2.04 bits per heavy atom. The van der Waals surface area contributed by atoms with E-state index in [4.69, 9.17) is 10.5 Å². The van der Waals surface area contributed by atoms with Gasteiger partial charge in [0.05, 0.1) is 19.4 Å². The first-order valence-electron chi connectivity index (χ1n) is 7.32. The second-order valence-electron chi connectivity index (χ2n) is 5.24. The van der Waals surface area contributed by atoms with Gasteiger partial charge in [0, 0.05) is 0 Å². The molecule has 0 heterocycles. The van der Waals surface area contributed by atoms with Crippen LogP contribution in [0.3, 0.4) is 0 Å². The number of hydrogen-bond donors (Lipinski definition) is 2. The molecule has 0 spiro atoms. The molecule has 7 heteroatoms. The van der Waals surface area contributed by atoms with Gasteiger partial charge in [0.15, 0.2) is 0 Å². The Bertz CT molecular complexity index is 577. The Morgan fingerprint density at radius 3 is 2.61 bits per heavy atom. The summed E-state index contributed by atoms with van der Waals surface area (Å²) in [5, 5.41) is 2.49. The number of esters is 1. The topological polar surface area (TPSA) is 98.5 Å². The zero-order chi connectivity index (χ0) is 17.4. The number of carbonyl (C=O) groups excluding carboxylic acids is 3. The first-order valence-corrected chi connectivity index (χ1v) is 7.32. The lowest BCUT2D eigenvalue weighted by atomic mass is 9.97. The molecular weight excluding hydrogens is 303 g/mol. The number of primary amides is 1. The molecule has 3 N–H and O–H groups in total. The van der Waals surface area contributed by atoms with Crippen molar-refractivity contribution in [1.29, 1.82) is 0 Å². The van der Waals surface area contributed by atoms with Crippen LogP contribution in [0.1, 0.15) is 25.8 Å². The lowest BCUT2D eigenvalue weighted by Crippen LogP contribution is -2.49. The monoisotopic (exact) mass is 324 g/mol. The van der Waals surface area contributed by atoms with Crippen LogP contribution in [0.2, 0.25) is 0 Å². The maximum absolute atomic E-state index is 13.1. The molecule has 0 aromatic heterocycles. The average Bonchev–Trinajstić information content (AvgIpc) is 2.44. The van der Waals surface area contributed by atoms with Crippen LogP contribution in [-0.2, 0) is 25.5 Å². The number of ether oxygens (including phenoxy) is 1. The van der Waals surface area contributed by atoms with Crippen molar-refractivity contribution in [3.8, 4) is 0 Å². The fourth-order valence-electron chi connectivity index (χ4n) is 2.15.